The number of rotatable bonds is 4. The quantitative estimate of drug-likeness (QED) is 0.785. The lowest BCUT2D eigenvalue weighted by Gasteiger charge is -2.14. The second kappa shape index (κ2) is 6.39. The van der Waals surface area contributed by atoms with Crippen molar-refractivity contribution in [3.05, 3.63) is 65.4 Å². The number of benzene rings is 2. The Morgan fingerprint density at radius 3 is 2.40 bits per heavy atom. The molecule has 0 bridgehead atoms. The fraction of sp³-hybridized carbons (Fsp3) is 0.118. The molecule has 1 amide bonds. The van der Waals surface area contributed by atoms with Gasteiger partial charge in [0.25, 0.3) is 5.91 Å². The van der Waals surface area contributed by atoms with Crippen LogP contribution in [0.3, 0.4) is 0 Å². The van der Waals surface area contributed by atoms with Crippen molar-refractivity contribution in [2.75, 3.05) is 0 Å². The lowest BCUT2D eigenvalue weighted by molar-refractivity contribution is -0.142. The number of halogens is 3. The Kier molecular flexibility index (Phi) is 4.26. The molecule has 0 spiro atoms. The molecule has 128 valence electrons. The molecule has 1 aromatic heterocycles. The van der Waals surface area contributed by atoms with E-state index in [4.69, 9.17) is 10.5 Å². The van der Waals surface area contributed by atoms with Gasteiger partial charge in [0, 0.05) is 0 Å². The van der Waals surface area contributed by atoms with Gasteiger partial charge >= 0.3 is 6.18 Å². The zero-order chi connectivity index (χ0) is 18.0. The molecule has 2 aromatic carbocycles. The monoisotopic (exact) mass is 347 g/mol. The van der Waals surface area contributed by atoms with E-state index in [2.05, 4.69) is 9.97 Å². The molecular weight excluding hydrogens is 335 g/mol. The molecule has 0 saturated heterocycles. The summed E-state index contributed by atoms with van der Waals surface area (Å²) in [4.78, 5) is 18.9. The van der Waals surface area contributed by atoms with Crippen LogP contribution in [0.1, 0.15) is 21.6 Å². The Hall–Kier alpha value is -3.16. The molecule has 1 heterocycles. The summed E-state index contributed by atoms with van der Waals surface area (Å²) in [7, 11) is 0. The van der Waals surface area contributed by atoms with E-state index in [1.165, 1.54) is 18.2 Å². The summed E-state index contributed by atoms with van der Waals surface area (Å²) >= 11 is 0. The van der Waals surface area contributed by atoms with E-state index in [0.717, 1.165) is 0 Å². The molecule has 0 radical (unpaired) electrons. The fourth-order valence-corrected chi connectivity index (χ4v) is 2.27. The summed E-state index contributed by atoms with van der Waals surface area (Å²) in [6, 6.07) is 12.7. The Labute approximate surface area is 140 Å². The van der Waals surface area contributed by atoms with Crippen molar-refractivity contribution in [2.45, 2.75) is 12.8 Å². The summed E-state index contributed by atoms with van der Waals surface area (Å²) in [5.41, 5.74) is 4.52. The van der Waals surface area contributed by atoms with E-state index >= 15 is 0 Å². The van der Waals surface area contributed by atoms with E-state index in [-0.39, 0.29) is 23.2 Å². The maximum absolute atomic E-state index is 13.3. The summed E-state index contributed by atoms with van der Waals surface area (Å²) in [6.07, 6.45) is -4.75. The maximum Gasteiger partial charge on any atom is 0.438 e. The number of nitrogens with two attached hydrogens (primary N) is 1. The number of fused-ring (bicyclic) bond motifs is 1. The summed E-state index contributed by atoms with van der Waals surface area (Å²) in [5.74, 6) is -1.51. The first kappa shape index (κ1) is 16.7. The Bertz CT molecular complexity index is 928. The van der Waals surface area contributed by atoms with Crippen LogP contribution < -0.4 is 10.5 Å². The van der Waals surface area contributed by atoms with Crippen LogP contribution >= 0.6 is 0 Å². The smallest absolute Gasteiger partial charge is 0.438 e. The van der Waals surface area contributed by atoms with Crippen molar-refractivity contribution < 1.29 is 22.7 Å². The van der Waals surface area contributed by atoms with Crippen LogP contribution in [0.2, 0.25) is 0 Å². The van der Waals surface area contributed by atoms with Crippen LogP contribution in [0.5, 0.6) is 5.88 Å². The Balaban J connectivity index is 2.10. The van der Waals surface area contributed by atoms with Crippen molar-refractivity contribution in [3.8, 4) is 5.88 Å². The van der Waals surface area contributed by atoms with Crippen molar-refractivity contribution in [1.82, 2.24) is 9.97 Å². The van der Waals surface area contributed by atoms with Crippen molar-refractivity contribution in [3.63, 3.8) is 0 Å². The van der Waals surface area contributed by atoms with E-state index in [9.17, 15) is 18.0 Å². The number of hydrogen-bond donors (Lipinski definition) is 1. The van der Waals surface area contributed by atoms with Gasteiger partial charge in [0.2, 0.25) is 11.6 Å². The predicted octanol–water partition coefficient (Wildman–Crippen LogP) is 3.33. The first-order valence-corrected chi connectivity index (χ1v) is 7.21. The lowest BCUT2D eigenvalue weighted by Crippen LogP contribution is -2.16. The highest BCUT2D eigenvalue weighted by atomic mass is 19.4. The zero-order valence-electron chi connectivity index (χ0n) is 12.7. The SMILES string of the molecule is NC(=O)c1cccc2nc(C(F)(F)F)c(OCc3ccccc3)nc12. The number of nitrogens with zero attached hydrogens (tertiary/aromatic N) is 2. The molecule has 2 N–H and O–H groups in total. The molecule has 0 atom stereocenters. The highest BCUT2D eigenvalue weighted by molar-refractivity contribution is 6.03. The molecule has 0 fully saturated rings. The van der Waals surface area contributed by atoms with Gasteiger partial charge in [-0.15, -0.1) is 0 Å². The Morgan fingerprint density at radius 2 is 1.76 bits per heavy atom. The molecule has 3 aromatic rings. The second-order valence-electron chi connectivity index (χ2n) is 5.19. The molecular formula is C17H12F3N3O2. The van der Waals surface area contributed by atoms with Crippen LogP contribution in [0.15, 0.2) is 48.5 Å². The van der Waals surface area contributed by atoms with Gasteiger partial charge in [-0.05, 0) is 17.7 Å². The molecule has 5 nitrogen and oxygen atoms in total. The molecule has 8 heteroatoms. The van der Waals surface area contributed by atoms with Gasteiger partial charge in [-0.25, -0.2) is 9.97 Å². The lowest BCUT2D eigenvalue weighted by atomic mass is 10.1. The molecule has 0 aliphatic carbocycles. The van der Waals surface area contributed by atoms with Crippen LogP contribution in [-0.2, 0) is 12.8 Å². The number of alkyl halides is 3. The maximum atomic E-state index is 13.3. The second-order valence-corrected chi connectivity index (χ2v) is 5.19. The minimum absolute atomic E-state index is 0.0247. The van der Waals surface area contributed by atoms with Crippen molar-refractivity contribution in [2.24, 2.45) is 5.73 Å². The van der Waals surface area contributed by atoms with Crippen LogP contribution in [0.25, 0.3) is 11.0 Å². The number of para-hydroxylation sites is 1. The largest absolute Gasteiger partial charge is 0.471 e. The van der Waals surface area contributed by atoms with Gasteiger partial charge in [-0.3, -0.25) is 4.79 Å². The minimum Gasteiger partial charge on any atom is -0.471 e. The standard InChI is InChI=1S/C17H12F3N3O2/c18-17(19,20)14-16(25-9-10-5-2-1-3-6-10)23-13-11(15(21)24)7-4-8-12(13)22-14/h1-8H,9H2,(H2,21,24). The van der Waals surface area contributed by atoms with E-state index < -0.39 is 23.7 Å². The van der Waals surface area contributed by atoms with Crippen molar-refractivity contribution in [1.29, 1.82) is 0 Å². The summed E-state index contributed by atoms with van der Waals surface area (Å²) in [5, 5.41) is 0. The van der Waals surface area contributed by atoms with E-state index in [0.29, 0.717) is 5.56 Å². The minimum atomic E-state index is -4.75. The third kappa shape index (κ3) is 3.52. The highest BCUT2D eigenvalue weighted by Gasteiger charge is 2.38. The van der Waals surface area contributed by atoms with Gasteiger partial charge in [0.1, 0.15) is 12.1 Å². The van der Waals surface area contributed by atoms with Gasteiger partial charge in [0.15, 0.2) is 0 Å². The van der Waals surface area contributed by atoms with Crippen molar-refractivity contribution >= 4 is 16.9 Å². The molecule has 3 rings (SSSR count). The third-order valence-electron chi connectivity index (χ3n) is 3.42. The molecule has 0 saturated carbocycles. The average Bonchev–Trinajstić information content (AvgIpc) is 2.58. The number of hydrogen-bond acceptors (Lipinski definition) is 4. The van der Waals surface area contributed by atoms with Gasteiger partial charge in [0.05, 0.1) is 11.1 Å². The number of amides is 1. The predicted molar refractivity (Wildman–Crippen MR) is 83.8 cm³/mol. The van der Waals surface area contributed by atoms with E-state index in [1.807, 2.05) is 0 Å². The number of primary amides is 1. The molecule has 0 aliphatic heterocycles. The van der Waals surface area contributed by atoms with Gasteiger partial charge in [-0.1, -0.05) is 36.4 Å². The molecule has 0 aliphatic rings. The number of aromatic nitrogens is 2. The number of ether oxygens (including phenoxy) is 1. The number of carbonyl (C=O) groups is 1. The number of carbonyl (C=O) groups excluding carboxylic acids is 1. The normalized spacial score (nSPS) is 11.5. The average molecular weight is 347 g/mol. The highest BCUT2D eigenvalue weighted by Crippen LogP contribution is 2.35. The first-order chi connectivity index (χ1) is 11.9. The van der Waals surface area contributed by atoms with Gasteiger partial charge in [-0.2, -0.15) is 13.2 Å². The van der Waals surface area contributed by atoms with Crippen LogP contribution in [0.4, 0.5) is 13.2 Å². The van der Waals surface area contributed by atoms with Crippen LogP contribution in [-0.4, -0.2) is 15.9 Å². The topological polar surface area (TPSA) is 78.1 Å². The summed E-state index contributed by atoms with van der Waals surface area (Å²) < 4.78 is 45.1. The van der Waals surface area contributed by atoms with E-state index in [1.54, 1.807) is 30.3 Å². The molecule has 0 unspecified atom stereocenters. The fourth-order valence-electron chi connectivity index (χ4n) is 2.27. The van der Waals surface area contributed by atoms with Crippen LogP contribution in [0, 0.1) is 0 Å². The summed E-state index contributed by atoms with van der Waals surface area (Å²) in [6.45, 7) is -0.122. The zero-order valence-corrected chi connectivity index (χ0v) is 12.7. The van der Waals surface area contributed by atoms with Gasteiger partial charge < -0.3 is 10.5 Å². The third-order valence-corrected chi connectivity index (χ3v) is 3.42. The first-order valence-electron chi connectivity index (χ1n) is 7.21. The Morgan fingerprint density at radius 1 is 1.04 bits per heavy atom. The molecule has 25 heavy (non-hydrogen) atoms.